The molecular weight excluding hydrogens is 286 g/mol. The van der Waals surface area contributed by atoms with Crippen molar-refractivity contribution < 1.29 is 13.5 Å². The van der Waals surface area contributed by atoms with E-state index in [9.17, 15) is 8.42 Å². The molecule has 5 heteroatoms. The van der Waals surface area contributed by atoms with E-state index in [0.717, 1.165) is 31.2 Å². The quantitative estimate of drug-likeness (QED) is 0.878. The Hall–Kier alpha value is -0.910. The van der Waals surface area contributed by atoms with Crippen LogP contribution in [0.5, 0.6) is 0 Å². The Morgan fingerprint density at radius 1 is 1.19 bits per heavy atom. The van der Waals surface area contributed by atoms with Gasteiger partial charge >= 0.3 is 0 Å². The molecule has 0 bridgehead atoms. The zero-order valence-corrected chi connectivity index (χ0v) is 13.6. The van der Waals surface area contributed by atoms with Gasteiger partial charge in [-0.1, -0.05) is 26.0 Å². The first-order valence-corrected chi connectivity index (χ1v) is 9.03. The summed E-state index contributed by atoms with van der Waals surface area (Å²) < 4.78 is 27.6. The van der Waals surface area contributed by atoms with Gasteiger partial charge in [-0.3, -0.25) is 0 Å². The van der Waals surface area contributed by atoms with Gasteiger partial charge in [0.1, 0.15) is 0 Å². The lowest BCUT2D eigenvalue weighted by molar-refractivity contribution is 0.218. The number of aliphatic hydroxyl groups is 1. The second-order valence-corrected chi connectivity index (χ2v) is 8.39. The molecule has 0 radical (unpaired) electrons. The lowest BCUT2D eigenvalue weighted by Gasteiger charge is -2.34. The van der Waals surface area contributed by atoms with Gasteiger partial charge in [0.2, 0.25) is 10.0 Å². The van der Waals surface area contributed by atoms with Crippen LogP contribution in [0.3, 0.4) is 0 Å². The first-order chi connectivity index (χ1) is 9.82. The summed E-state index contributed by atoms with van der Waals surface area (Å²) in [6.45, 7) is 4.54. The normalized spacial score (nSPS) is 19.6. The molecule has 0 aromatic heterocycles. The van der Waals surface area contributed by atoms with Crippen molar-refractivity contribution in [3.05, 3.63) is 29.8 Å². The molecule has 4 nitrogen and oxygen atoms in total. The van der Waals surface area contributed by atoms with Crippen LogP contribution in [0.15, 0.2) is 29.2 Å². The minimum Gasteiger partial charge on any atom is -0.396 e. The number of aliphatic hydroxyl groups excluding tert-OH is 1. The Morgan fingerprint density at radius 2 is 1.76 bits per heavy atom. The molecule has 0 saturated heterocycles. The zero-order valence-electron chi connectivity index (χ0n) is 12.8. The van der Waals surface area contributed by atoms with Crippen LogP contribution in [0.25, 0.3) is 0 Å². The van der Waals surface area contributed by atoms with Crippen molar-refractivity contribution in [1.29, 1.82) is 0 Å². The van der Waals surface area contributed by atoms with Crippen LogP contribution in [-0.2, 0) is 16.4 Å². The topological polar surface area (TPSA) is 66.4 Å². The highest BCUT2D eigenvalue weighted by Gasteiger charge is 2.29. The van der Waals surface area contributed by atoms with Gasteiger partial charge in [0.15, 0.2) is 0 Å². The lowest BCUT2D eigenvalue weighted by Crippen LogP contribution is -2.39. The first kappa shape index (κ1) is 16.5. The average Bonchev–Trinajstić information content (AvgIpc) is 2.42. The number of nitrogens with one attached hydrogen (secondary N) is 1. The van der Waals surface area contributed by atoms with Crippen molar-refractivity contribution in [2.45, 2.75) is 56.9 Å². The number of rotatable bonds is 5. The van der Waals surface area contributed by atoms with Crippen LogP contribution >= 0.6 is 0 Å². The molecule has 21 heavy (non-hydrogen) atoms. The first-order valence-electron chi connectivity index (χ1n) is 7.55. The van der Waals surface area contributed by atoms with E-state index < -0.39 is 10.0 Å². The largest absolute Gasteiger partial charge is 0.396 e. The van der Waals surface area contributed by atoms with Gasteiger partial charge < -0.3 is 5.11 Å². The van der Waals surface area contributed by atoms with Crippen LogP contribution in [0.4, 0.5) is 0 Å². The van der Waals surface area contributed by atoms with Crippen molar-refractivity contribution in [3.63, 3.8) is 0 Å². The average molecular weight is 311 g/mol. The van der Waals surface area contributed by atoms with Gasteiger partial charge in [0.05, 0.1) is 4.90 Å². The van der Waals surface area contributed by atoms with E-state index in [1.165, 1.54) is 0 Å². The molecule has 2 N–H and O–H groups in total. The third kappa shape index (κ3) is 4.53. The predicted molar refractivity (Wildman–Crippen MR) is 83.6 cm³/mol. The minimum atomic E-state index is -3.44. The Morgan fingerprint density at radius 3 is 2.29 bits per heavy atom. The maximum absolute atomic E-state index is 12.4. The molecule has 0 amide bonds. The minimum absolute atomic E-state index is 0.0418. The second-order valence-electron chi connectivity index (χ2n) is 6.68. The van der Waals surface area contributed by atoms with Gasteiger partial charge in [0, 0.05) is 12.6 Å². The Labute approximate surface area is 127 Å². The zero-order chi connectivity index (χ0) is 15.5. The van der Waals surface area contributed by atoms with Crippen LogP contribution in [0, 0.1) is 5.41 Å². The van der Waals surface area contributed by atoms with Crippen LogP contribution in [0.1, 0.15) is 45.1 Å². The third-order valence-corrected chi connectivity index (χ3v) is 5.83. The Balaban J connectivity index is 2.01. The van der Waals surface area contributed by atoms with Crippen molar-refractivity contribution >= 4 is 10.0 Å². The molecule has 1 saturated carbocycles. The highest BCUT2D eigenvalue weighted by atomic mass is 32.2. The van der Waals surface area contributed by atoms with Crippen LogP contribution in [0.2, 0.25) is 0 Å². The molecule has 1 aliphatic rings. The highest BCUT2D eigenvalue weighted by Crippen LogP contribution is 2.35. The molecule has 1 aromatic rings. The van der Waals surface area contributed by atoms with E-state index in [4.69, 9.17) is 5.11 Å². The van der Waals surface area contributed by atoms with Gasteiger partial charge in [-0.2, -0.15) is 0 Å². The fraction of sp³-hybridized carbons (Fsp3) is 0.625. The van der Waals surface area contributed by atoms with Crippen molar-refractivity contribution in [1.82, 2.24) is 4.72 Å². The number of hydrogen-bond donors (Lipinski definition) is 2. The molecule has 0 spiro atoms. The summed E-state index contributed by atoms with van der Waals surface area (Å²) in [7, 11) is -3.44. The van der Waals surface area contributed by atoms with E-state index in [1.807, 2.05) is 0 Å². The molecule has 2 rings (SSSR count). The molecule has 1 fully saturated rings. The van der Waals surface area contributed by atoms with Crippen LogP contribution < -0.4 is 4.72 Å². The van der Waals surface area contributed by atoms with Crippen LogP contribution in [-0.4, -0.2) is 26.2 Å². The SMILES string of the molecule is CC1(C)CCC(NS(=O)(=O)c2ccc(CCO)cc2)CC1. The van der Waals surface area contributed by atoms with E-state index in [0.29, 0.717) is 16.7 Å². The maximum Gasteiger partial charge on any atom is 0.240 e. The van der Waals surface area contributed by atoms with E-state index in [-0.39, 0.29) is 12.6 Å². The summed E-state index contributed by atoms with van der Waals surface area (Å²) >= 11 is 0. The van der Waals surface area contributed by atoms with E-state index in [2.05, 4.69) is 18.6 Å². The molecule has 0 aliphatic heterocycles. The molecule has 0 atom stereocenters. The summed E-state index contributed by atoms with van der Waals surface area (Å²) in [5.74, 6) is 0. The molecular formula is C16H25NO3S. The van der Waals surface area contributed by atoms with Crippen molar-refractivity contribution in [2.24, 2.45) is 5.41 Å². The second kappa shape index (κ2) is 6.46. The smallest absolute Gasteiger partial charge is 0.240 e. The van der Waals surface area contributed by atoms with Gasteiger partial charge in [-0.25, -0.2) is 13.1 Å². The fourth-order valence-corrected chi connectivity index (χ4v) is 4.07. The highest BCUT2D eigenvalue weighted by molar-refractivity contribution is 7.89. The Kier molecular flexibility index (Phi) is 5.07. The lowest BCUT2D eigenvalue weighted by atomic mass is 9.76. The molecule has 0 heterocycles. The monoisotopic (exact) mass is 311 g/mol. The maximum atomic E-state index is 12.4. The molecule has 1 aromatic carbocycles. The summed E-state index contributed by atoms with van der Waals surface area (Å²) in [5.41, 5.74) is 1.27. The van der Waals surface area contributed by atoms with Crippen molar-refractivity contribution in [3.8, 4) is 0 Å². The number of benzene rings is 1. The number of hydrogen-bond acceptors (Lipinski definition) is 3. The van der Waals surface area contributed by atoms with Gasteiger partial charge in [-0.15, -0.1) is 0 Å². The standard InChI is InChI=1S/C16H25NO3S/c1-16(2)10-7-14(8-11-16)17-21(19,20)15-5-3-13(4-6-15)9-12-18/h3-6,14,17-18H,7-12H2,1-2H3. The Bertz CT molecular complexity index is 554. The molecule has 1 aliphatic carbocycles. The van der Waals surface area contributed by atoms with E-state index in [1.54, 1.807) is 24.3 Å². The van der Waals surface area contributed by atoms with Gasteiger partial charge in [0.25, 0.3) is 0 Å². The van der Waals surface area contributed by atoms with E-state index >= 15 is 0 Å². The predicted octanol–water partition coefficient (Wildman–Crippen LogP) is 2.47. The summed E-state index contributed by atoms with van der Waals surface area (Å²) in [6, 6.07) is 6.78. The summed E-state index contributed by atoms with van der Waals surface area (Å²) in [5, 5.41) is 8.88. The number of sulfonamides is 1. The summed E-state index contributed by atoms with van der Waals surface area (Å²) in [4.78, 5) is 0.300. The molecule has 118 valence electrons. The van der Waals surface area contributed by atoms with Crippen molar-refractivity contribution in [2.75, 3.05) is 6.61 Å². The summed E-state index contributed by atoms with van der Waals surface area (Å²) in [6.07, 6.45) is 4.44. The third-order valence-electron chi connectivity index (χ3n) is 4.30. The van der Waals surface area contributed by atoms with Gasteiger partial charge in [-0.05, 0) is 55.2 Å². The fourth-order valence-electron chi connectivity index (χ4n) is 2.77. The molecule has 0 unspecified atom stereocenters.